The van der Waals surface area contributed by atoms with Crippen molar-refractivity contribution in [1.29, 1.82) is 0 Å². The number of carbonyl (C=O) groups excluding carboxylic acids is 3. The average molecular weight is 340 g/mol. The van der Waals surface area contributed by atoms with Crippen LogP contribution < -0.4 is 5.32 Å². The monoisotopic (exact) mass is 340 g/mol. The summed E-state index contributed by atoms with van der Waals surface area (Å²) in [6.07, 6.45) is 1.90. The van der Waals surface area contributed by atoms with Crippen LogP contribution in [-0.4, -0.2) is 64.7 Å². The molecule has 7 heteroatoms. The third-order valence-electron chi connectivity index (χ3n) is 4.72. The topological polar surface area (TPSA) is 85.5 Å². The maximum absolute atomic E-state index is 12.6. The molecule has 25 heavy (non-hydrogen) atoms. The summed E-state index contributed by atoms with van der Waals surface area (Å²) in [7, 11) is 0. The van der Waals surface area contributed by atoms with Gasteiger partial charge in [-0.1, -0.05) is 18.2 Å². The van der Waals surface area contributed by atoms with Gasteiger partial charge in [0.1, 0.15) is 5.69 Å². The van der Waals surface area contributed by atoms with Crippen LogP contribution in [0.15, 0.2) is 30.3 Å². The molecule has 1 aromatic heterocycles. The summed E-state index contributed by atoms with van der Waals surface area (Å²) in [4.78, 5) is 43.0. The molecule has 2 aromatic rings. The molecule has 0 unspecified atom stereocenters. The Bertz CT molecular complexity index is 799. The van der Waals surface area contributed by atoms with E-state index in [9.17, 15) is 14.4 Å². The van der Waals surface area contributed by atoms with Crippen molar-refractivity contribution < 1.29 is 14.4 Å². The van der Waals surface area contributed by atoms with E-state index in [2.05, 4.69) is 10.3 Å². The first-order valence-corrected chi connectivity index (χ1v) is 8.58. The summed E-state index contributed by atoms with van der Waals surface area (Å²) in [6, 6.07) is 9.75. The minimum Gasteiger partial charge on any atom is -0.351 e. The summed E-state index contributed by atoms with van der Waals surface area (Å²) < 4.78 is 0. The van der Waals surface area contributed by atoms with Gasteiger partial charge < -0.3 is 20.1 Å². The second-order valence-corrected chi connectivity index (χ2v) is 6.60. The summed E-state index contributed by atoms with van der Waals surface area (Å²) >= 11 is 0. The molecule has 2 heterocycles. The number of nitrogens with one attached hydrogen (secondary N) is 2. The molecule has 1 saturated carbocycles. The third kappa shape index (κ3) is 3.22. The van der Waals surface area contributed by atoms with Gasteiger partial charge >= 0.3 is 11.8 Å². The van der Waals surface area contributed by atoms with Gasteiger partial charge in [-0.2, -0.15) is 0 Å². The van der Waals surface area contributed by atoms with E-state index in [1.165, 1.54) is 4.90 Å². The van der Waals surface area contributed by atoms with Crippen molar-refractivity contribution in [3.05, 3.63) is 36.0 Å². The normalized spacial score (nSPS) is 17.6. The first-order chi connectivity index (χ1) is 12.1. The summed E-state index contributed by atoms with van der Waals surface area (Å²) in [5.41, 5.74) is 1.48. The van der Waals surface area contributed by atoms with Gasteiger partial charge in [-0.15, -0.1) is 0 Å². The molecule has 1 aliphatic carbocycles. The maximum Gasteiger partial charge on any atom is 0.312 e. The van der Waals surface area contributed by atoms with Crippen molar-refractivity contribution in [3.63, 3.8) is 0 Å². The molecule has 0 radical (unpaired) electrons. The smallest absolute Gasteiger partial charge is 0.312 e. The molecule has 4 rings (SSSR count). The molecular formula is C18H20N4O3. The zero-order chi connectivity index (χ0) is 17.4. The Labute approximate surface area is 145 Å². The number of hydrogen-bond acceptors (Lipinski definition) is 3. The number of aromatic nitrogens is 1. The van der Waals surface area contributed by atoms with Crippen LogP contribution in [-0.2, 0) is 9.59 Å². The lowest BCUT2D eigenvalue weighted by Gasteiger charge is -2.34. The van der Waals surface area contributed by atoms with Crippen molar-refractivity contribution in [2.45, 2.75) is 18.9 Å². The number of benzene rings is 1. The fourth-order valence-corrected chi connectivity index (χ4v) is 3.09. The Morgan fingerprint density at radius 3 is 2.36 bits per heavy atom. The highest BCUT2D eigenvalue weighted by atomic mass is 16.2. The quantitative estimate of drug-likeness (QED) is 0.791. The molecule has 2 N–H and O–H groups in total. The Hall–Kier alpha value is -2.83. The van der Waals surface area contributed by atoms with Crippen LogP contribution in [0.4, 0.5) is 0 Å². The SMILES string of the molecule is O=C(NC1CC1)C(=O)N1CCN(C(=O)c2cc3ccccc3[nH]2)CC1. The van der Waals surface area contributed by atoms with E-state index in [1.54, 1.807) is 4.90 Å². The number of amides is 3. The number of carbonyl (C=O) groups is 3. The molecule has 0 spiro atoms. The van der Waals surface area contributed by atoms with Crippen molar-refractivity contribution >= 4 is 28.6 Å². The molecule has 1 aromatic carbocycles. The van der Waals surface area contributed by atoms with Crippen LogP contribution in [0, 0.1) is 0 Å². The van der Waals surface area contributed by atoms with Crippen molar-refractivity contribution in [2.24, 2.45) is 0 Å². The number of para-hydroxylation sites is 1. The van der Waals surface area contributed by atoms with E-state index in [-0.39, 0.29) is 11.9 Å². The molecule has 0 bridgehead atoms. The number of nitrogens with zero attached hydrogens (tertiary/aromatic N) is 2. The van der Waals surface area contributed by atoms with Gasteiger partial charge in [0.2, 0.25) is 0 Å². The molecule has 130 valence electrons. The first kappa shape index (κ1) is 15.7. The van der Waals surface area contributed by atoms with Gasteiger partial charge in [-0.3, -0.25) is 14.4 Å². The molecule has 2 fully saturated rings. The van der Waals surface area contributed by atoms with Gasteiger partial charge in [-0.25, -0.2) is 0 Å². The molecular weight excluding hydrogens is 320 g/mol. The molecule has 1 saturated heterocycles. The van der Waals surface area contributed by atoms with E-state index in [4.69, 9.17) is 0 Å². The van der Waals surface area contributed by atoms with Crippen molar-refractivity contribution in [1.82, 2.24) is 20.1 Å². The van der Waals surface area contributed by atoms with E-state index in [0.717, 1.165) is 23.7 Å². The predicted molar refractivity (Wildman–Crippen MR) is 91.9 cm³/mol. The third-order valence-corrected chi connectivity index (χ3v) is 4.72. The fourth-order valence-electron chi connectivity index (χ4n) is 3.09. The number of H-pyrrole nitrogens is 1. The van der Waals surface area contributed by atoms with Gasteiger partial charge in [0.25, 0.3) is 5.91 Å². The number of piperazine rings is 1. The molecule has 1 aliphatic heterocycles. The highest BCUT2D eigenvalue weighted by molar-refractivity contribution is 6.35. The average Bonchev–Trinajstić information content (AvgIpc) is 3.35. The number of aromatic amines is 1. The van der Waals surface area contributed by atoms with E-state index in [0.29, 0.717) is 31.9 Å². The Morgan fingerprint density at radius 1 is 1.00 bits per heavy atom. The Morgan fingerprint density at radius 2 is 1.68 bits per heavy atom. The van der Waals surface area contributed by atoms with Crippen molar-refractivity contribution in [3.8, 4) is 0 Å². The highest BCUT2D eigenvalue weighted by Gasteiger charge is 2.31. The predicted octanol–water partition coefficient (Wildman–Crippen LogP) is 0.731. The summed E-state index contributed by atoms with van der Waals surface area (Å²) in [6.45, 7) is 1.61. The molecule has 2 aliphatic rings. The summed E-state index contributed by atoms with van der Waals surface area (Å²) in [5.74, 6) is -1.10. The minimum absolute atomic E-state index is 0.0780. The Balaban J connectivity index is 1.36. The van der Waals surface area contributed by atoms with Crippen molar-refractivity contribution in [2.75, 3.05) is 26.2 Å². The lowest BCUT2D eigenvalue weighted by molar-refractivity contribution is -0.146. The van der Waals surface area contributed by atoms with E-state index >= 15 is 0 Å². The second kappa shape index (κ2) is 6.23. The second-order valence-electron chi connectivity index (χ2n) is 6.60. The zero-order valence-corrected chi connectivity index (χ0v) is 13.8. The van der Waals surface area contributed by atoms with Gasteiger partial charge in [-0.05, 0) is 25.0 Å². The highest BCUT2D eigenvalue weighted by Crippen LogP contribution is 2.19. The molecule has 3 amide bonds. The van der Waals surface area contributed by atoms with E-state index in [1.807, 2.05) is 30.3 Å². The minimum atomic E-state index is -0.530. The lowest BCUT2D eigenvalue weighted by Crippen LogP contribution is -2.54. The lowest BCUT2D eigenvalue weighted by atomic mass is 10.2. The van der Waals surface area contributed by atoms with Crippen LogP contribution in [0.25, 0.3) is 10.9 Å². The van der Waals surface area contributed by atoms with Gasteiger partial charge in [0, 0.05) is 43.1 Å². The van der Waals surface area contributed by atoms with E-state index < -0.39 is 11.8 Å². The van der Waals surface area contributed by atoms with Crippen LogP contribution in [0.3, 0.4) is 0 Å². The number of hydrogen-bond donors (Lipinski definition) is 2. The Kier molecular flexibility index (Phi) is 3.91. The first-order valence-electron chi connectivity index (χ1n) is 8.58. The van der Waals surface area contributed by atoms with Gasteiger partial charge in [0.15, 0.2) is 0 Å². The van der Waals surface area contributed by atoms with Gasteiger partial charge in [0.05, 0.1) is 0 Å². The molecule has 7 nitrogen and oxygen atoms in total. The largest absolute Gasteiger partial charge is 0.351 e. The van der Waals surface area contributed by atoms with Crippen LogP contribution in [0.5, 0.6) is 0 Å². The summed E-state index contributed by atoms with van der Waals surface area (Å²) in [5, 5.41) is 3.71. The van der Waals surface area contributed by atoms with Crippen LogP contribution in [0.2, 0.25) is 0 Å². The maximum atomic E-state index is 12.6. The zero-order valence-electron chi connectivity index (χ0n) is 13.8. The standard InChI is InChI=1S/C18H20N4O3/c23-16(19-13-5-6-13)18(25)22-9-7-21(8-10-22)17(24)15-11-12-3-1-2-4-14(12)20-15/h1-4,11,13,20H,5-10H2,(H,19,23). The number of rotatable bonds is 2. The number of fused-ring (bicyclic) bond motifs is 1. The molecule has 0 atom stereocenters. The van der Waals surface area contributed by atoms with Crippen LogP contribution in [0.1, 0.15) is 23.3 Å². The fraction of sp³-hybridized carbons (Fsp3) is 0.389. The van der Waals surface area contributed by atoms with Crippen LogP contribution >= 0.6 is 0 Å².